The summed E-state index contributed by atoms with van der Waals surface area (Å²) >= 11 is 0. The largest absolute Gasteiger partial charge is 0.0622 e. The first-order chi connectivity index (χ1) is 10.6. The molecule has 0 bridgehead atoms. The van der Waals surface area contributed by atoms with Gasteiger partial charge in [0.1, 0.15) is 0 Å². The van der Waals surface area contributed by atoms with Gasteiger partial charge >= 0.3 is 0 Å². The van der Waals surface area contributed by atoms with E-state index in [0.717, 1.165) is 0 Å². The van der Waals surface area contributed by atoms with Gasteiger partial charge in [0.25, 0.3) is 0 Å². The van der Waals surface area contributed by atoms with E-state index in [-0.39, 0.29) is 0 Å². The van der Waals surface area contributed by atoms with Crippen molar-refractivity contribution in [2.75, 3.05) is 0 Å². The van der Waals surface area contributed by atoms with E-state index < -0.39 is 0 Å². The molecule has 0 unspecified atom stereocenters. The van der Waals surface area contributed by atoms with Gasteiger partial charge in [-0.15, -0.1) is 0 Å². The lowest BCUT2D eigenvalue weighted by Crippen LogP contribution is -1.94. The second-order valence-electron chi connectivity index (χ2n) is 6.19. The smallest absolute Gasteiger partial charge is 0.0149 e. The van der Waals surface area contributed by atoms with Crippen LogP contribution in [-0.4, -0.2) is 0 Å². The van der Waals surface area contributed by atoms with E-state index in [2.05, 4.69) is 93.6 Å². The predicted octanol–water partition coefficient (Wildman–Crippen LogP) is 6.45. The molecule has 0 aromatic heterocycles. The maximum absolute atomic E-state index is 2.34. The monoisotopic (exact) mass is 286 g/mol. The number of hydrogen-bond donors (Lipinski definition) is 0. The third-order valence-corrected chi connectivity index (χ3v) is 4.14. The fraction of sp³-hybridized carbons (Fsp3) is 0.182. The van der Waals surface area contributed by atoms with E-state index in [1.54, 1.807) is 0 Å². The lowest BCUT2D eigenvalue weighted by molar-refractivity contribution is 0.869. The van der Waals surface area contributed by atoms with Crippen LogP contribution in [0.4, 0.5) is 0 Å². The Morgan fingerprint density at radius 1 is 0.636 bits per heavy atom. The van der Waals surface area contributed by atoms with Gasteiger partial charge < -0.3 is 0 Å². The molecule has 0 radical (unpaired) electrons. The predicted molar refractivity (Wildman–Crippen MR) is 96.1 cm³/mol. The molecule has 0 aliphatic heterocycles. The van der Waals surface area contributed by atoms with E-state index in [0.29, 0.717) is 5.92 Å². The molecule has 0 heterocycles. The molecule has 3 aromatic rings. The summed E-state index contributed by atoms with van der Waals surface area (Å²) in [4.78, 5) is 0. The van der Waals surface area contributed by atoms with Crippen molar-refractivity contribution in [1.82, 2.24) is 0 Å². The Hall–Kier alpha value is -2.34. The highest BCUT2D eigenvalue weighted by atomic mass is 14.1. The Balaban J connectivity index is 2.10. The van der Waals surface area contributed by atoms with Crippen molar-refractivity contribution in [1.29, 1.82) is 0 Å². The lowest BCUT2D eigenvalue weighted by atomic mass is 9.89. The summed E-state index contributed by atoms with van der Waals surface area (Å²) in [5, 5.41) is 0. The summed E-state index contributed by atoms with van der Waals surface area (Å²) in [5.41, 5.74) is 7.92. The molecule has 0 spiro atoms. The highest BCUT2D eigenvalue weighted by molar-refractivity contribution is 5.74. The first-order valence-electron chi connectivity index (χ1n) is 7.91. The van der Waals surface area contributed by atoms with E-state index in [9.17, 15) is 0 Å². The van der Waals surface area contributed by atoms with E-state index >= 15 is 0 Å². The first-order valence-corrected chi connectivity index (χ1v) is 7.91. The molecule has 110 valence electrons. The molecule has 0 heteroatoms. The van der Waals surface area contributed by atoms with Crippen LogP contribution in [0.1, 0.15) is 30.9 Å². The van der Waals surface area contributed by atoms with Gasteiger partial charge in [0.15, 0.2) is 0 Å². The average molecular weight is 286 g/mol. The molecule has 0 amide bonds. The molecule has 0 saturated carbocycles. The summed E-state index contributed by atoms with van der Waals surface area (Å²) in [6, 6.07) is 26.3. The maximum atomic E-state index is 2.34. The van der Waals surface area contributed by atoms with Crippen molar-refractivity contribution in [2.24, 2.45) is 0 Å². The molecule has 0 saturated heterocycles. The standard InChI is InChI=1S/C22H22/c1-16(2)22-15-20(18-7-5-4-6-8-18)13-14-21(22)19-11-9-17(3)10-12-19/h4-16H,1-3H3. The summed E-state index contributed by atoms with van der Waals surface area (Å²) < 4.78 is 0. The SMILES string of the molecule is Cc1ccc(-c2ccc(-c3ccccc3)cc2C(C)C)cc1. The first kappa shape index (κ1) is 14.6. The highest BCUT2D eigenvalue weighted by Gasteiger charge is 2.10. The van der Waals surface area contributed by atoms with Crippen LogP contribution in [0.3, 0.4) is 0 Å². The van der Waals surface area contributed by atoms with E-state index in [1.165, 1.54) is 33.4 Å². The number of benzene rings is 3. The van der Waals surface area contributed by atoms with Gasteiger partial charge in [0, 0.05) is 0 Å². The third-order valence-electron chi connectivity index (χ3n) is 4.14. The van der Waals surface area contributed by atoms with Crippen LogP contribution in [0, 0.1) is 6.92 Å². The second kappa shape index (κ2) is 6.19. The topological polar surface area (TPSA) is 0 Å². The van der Waals surface area contributed by atoms with Crippen LogP contribution >= 0.6 is 0 Å². The molecule has 0 fully saturated rings. The van der Waals surface area contributed by atoms with Crippen molar-refractivity contribution in [2.45, 2.75) is 26.7 Å². The van der Waals surface area contributed by atoms with Gasteiger partial charge in [-0.25, -0.2) is 0 Å². The average Bonchev–Trinajstić information content (AvgIpc) is 2.56. The second-order valence-corrected chi connectivity index (χ2v) is 6.19. The molecule has 0 aliphatic carbocycles. The summed E-state index contributed by atoms with van der Waals surface area (Å²) in [6.45, 7) is 6.66. The van der Waals surface area contributed by atoms with Crippen molar-refractivity contribution in [3.8, 4) is 22.3 Å². The fourth-order valence-corrected chi connectivity index (χ4v) is 2.85. The van der Waals surface area contributed by atoms with Crippen LogP contribution in [0.5, 0.6) is 0 Å². The van der Waals surface area contributed by atoms with Crippen LogP contribution in [0.2, 0.25) is 0 Å². The molecular formula is C22H22. The van der Waals surface area contributed by atoms with Crippen molar-refractivity contribution in [3.63, 3.8) is 0 Å². The number of aryl methyl sites for hydroxylation is 1. The van der Waals surface area contributed by atoms with Gasteiger partial charge in [-0.1, -0.05) is 92.2 Å². The Kier molecular flexibility index (Phi) is 4.11. The molecule has 22 heavy (non-hydrogen) atoms. The third kappa shape index (κ3) is 2.96. The number of hydrogen-bond acceptors (Lipinski definition) is 0. The maximum Gasteiger partial charge on any atom is -0.0149 e. The molecular weight excluding hydrogens is 264 g/mol. The van der Waals surface area contributed by atoms with Crippen LogP contribution < -0.4 is 0 Å². The molecule has 0 aliphatic rings. The van der Waals surface area contributed by atoms with Crippen LogP contribution in [0.15, 0.2) is 72.8 Å². The molecule has 0 nitrogen and oxygen atoms in total. The highest BCUT2D eigenvalue weighted by Crippen LogP contribution is 2.33. The molecule has 0 atom stereocenters. The van der Waals surface area contributed by atoms with E-state index in [1.807, 2.05) is 0 Å². The minimum atomic E-state index is 0.500. The Morgan fingerprint density at radius 3 is 1.91 bits per heavy atom. The summed E-state index contributed by atoms with van der Waals surface area (Å²) in [6.07, 6.45) is 0. The lowest BCUT2D eigenvalue weighted by Gasteiger charge is -2.15. The van der Waals surface area contributed by atoms with Gasteiger partial charge in [-0.05, 0) is 40.7 Å². The van der Waals surface area contributed by atoms with Crippen molar-refractivity contribution in [3.05, 3.63) is 83.9 Å². The van der Waals surface area contributed by atoms with Crippen molar-refractivity contribution < 1.29 is 0 Å². The van der Waals surface area contributed by atoms with Gasteiger partial charge in [-0.3, -0.25) is 0 Å². The van der Waals surface area contributed by atoms with Gasteiger partial charge in [0.2, 0.25) is 0 Å². The zero-order chi connectivity index (χ0) is 15.5. The van der Waals surface area contributed by atoms with E-state index in [4.69, 9.17) is 0 Å². The summed E-state index contributed by atoms with van der Waals surface area (Å²) in [5.74, 6) is 0.500. The Bertz CT molecular complexity index is 750. The Labute approximate surface area is 133 Å². The Morgan fingerprint density at radius 2 is 1.27 bits per heavy atom. The minimum absolute atomic E-state index is 0.500. The molecule has 3 rings (SSSR count). The van der Waals surface area contributed by atoms with Crippen LogP contribution in [-0.2, 0) is 0 Å². The zero-order valence-electron chi connectivity index (χ0n) is 13.5. The summed E-state index contributed by atoms with van der Waals surface area (Å²) in [7, 11) is 0. The molecule has 0 N–H and O–H groups in total. The fourth-order valence-electron chi connectivity index (χ4n) is 2.85. The number of rotatable bonds is 3. The normalized spacial score (nSPS) is 10.9. The van der Waals surface area contributed by atoms with Gasteiger partial charge in [0.05, 0.1) is 0 Å². The molecule has 3 aromatic carbocycles. The quantitative estimate of drug-likeness (QED) is 0.519. The van der Waals surface area contributed by atoms with Crippen molar-refractivity contribution >= 4 is 0 Å². The van der Waals surface area contributed by atoms with Crippen LogP contribution in [0.25, 0.3) is 22.3 Å². The van der Waals surface area contributed by atoms with Gasteiger partial charge in [-0.2, -0.15) is 0 Å². The minimum Gasteiger partial charge on any atom is -0.0622 e. The zero-order valence-corrected chi connectivity index (χ0v) is 13.5.